The number of halogens is 8. The number of nitrogens with zero attached hydrogens (tertiary/aromatic N) is 26. The second-order valence-corrected chi connectivity index (χ2v) is 39.5. The summed E-state index contributed by atoms with van der Waals surface area (Å²) in [4.78, 5) is 124. The number of hydrogen-bond donors (Lipinski definition) is 0. The number of likely N-dealkylation sites (N-methyl/N-ethyl adjacent to an activating group) is 4. The number of fused-ring (bicyclic) bond motifs is 8. The number of benzene rings is 4. The molecule has 146 heavy (non-hydrogen) atoms. The lowest BCUT2D eigenvalue weighted by Crippen LogP contribution is -2.49. The molecule has 0 N–H and O–H groups in total. The molecule has 4 fully saturated rings. The number of rotatable bonds is 16. The fourth-order valence-electron chi connectivity index (χ4n) is 21.8. The molecule has 2 saturated heterocycles. The standard InChI is InChI=1S/2C27H27F2N7O2.2C26H26F2N6O/c2*1-14-27(38)33(3)13-22-24(32-26(36(14)22)17-11-35(12-17)15(2)37)18-6-5-7-21-19(18)8-20(25(28)29)23(31-21)16-9-30-34(4)10-16;2*1-14-26(35)32(2)13-21-23(31-25(34(14)21)15-6-4-7-15)17-8-5-9-20-18(17)10-19(24(27)28)22(30-20)16-11-29-33(3)12-16/h2*5-10,14,17,25H,11-13H2,1-4H3;2*5,8-12,14-15,24H,4,6-7,13H2,1-3H3/t4*14-/m1010/s1. The van der Waals surface area contributed by atoms with Crippen LogP contribution in [0.4, 0.5) is 35.1 Å². The SMILES string of the molecule is CC(=O)N1CC(c2nc(-c3cccc4nc(-c5cnn(C)c5)c(C(F)F)cc34)c3n2[C@@H](C)C(=O)N(C)C3)C1.CC(=O)N1CC(c2nc(-c3cccc4nc(-c5cnn(C)c5)c(C(F)F)cc34)c3n2[C@H](C)C(=O)N(C)C3)C1.C[C@@H]1C(=O)N(C)Cc2c(-c3cccc4nc(-c5cnn(C)c5)c(C(F)F)cc34)nc(C3CCC3)n21.C[C@H]1C(=O)N(C)Cc2c(-c3cccc4nc(-c5cnn(C)c5)c(C(F)F)cc34)nc(C3CCC3)n21. The van der Waals surface area contributed by atoms with Gasteiger partial charge in [0.2, 0.25) is 35.4 Å². The normalized spacial score (nSPS) is 18.1. The highest BCUT2D eigenvalue weighted by atomic mass is 19.3. The molecule has 32 nitrogen and oxygen atoms in total. The van der Waals surface area contributed by atoms with E-state index in [4.69, 9.17) is 19.9 Å². The Morgan fingerprint density at radius 1 is 0.308 bits per heavy atom. The third-order valence-electron chi connectivity index (χ3n) is 29.9. The van der Waals surface area contributed by atoms with Crippen molar-refractivity contribution in [3.63, 3.8) is 0 Å². The van der Waals surface area contributed by atoms with Gasteiger partial charge in [0.1, 0.15) is 47.5 Å². The summed E-state index contributed by atoms with van der Waals surface area (Å²) in [5.74, 6) is 4.05. The first kappa shape index (κ1) is 96.6. The molecule has 0 radical (unpaired) electrons. The summed E-state index contributed by atoms with van der Waals surface area (Å²) in [6, 6.07) is 26.7. The number of hydrogen-bond acceptors (Lipinski definition) is 18. The minimum absolute atomic E-state index is 0.000156. The van der Waals surface area contributed by atoms with Gasteiger partial charge in [0.25, 0.3) is 25.7 Å². The van der Waals surface area contributed by atoms with Crippen LogP contribution in [0.2, 0.25) is 0 Å². The van der Waals surface area contributed by atoms with Crippen LogP contribution in [0.3, 0.4) is 0 Å². The number of aryl methyl sites for hydroxylation is 4. The van der Waals surface area contributed by atoms with Crippen LogP contribution >= 0.6 is 0 Å². The van der Waals surface area contributed by atoms with Crippen molar-refractivity contribution in [3.8, 4) is 90.1 Å². The molecule has 6 amide bonds. The van der Waals surface area contributed by atoms with E-state index in [0.717, 1.165) is 107 Å². The molecule has 2 saturated carbocycles. The minimum atomic E-state index is -2.74. The lowest BCUT2D eigenvalue weighted by Gasteiger charge is -2.40. The van der Waals surface area contributed by atoms with E-state index in [1.165, 1.54) is 38.4 Å². The summed E-state index contributed by atoms with van der Waals surface area (Å²) in [5.41, 5.74) is 14.0. The molecule has 752 valence electrons. The highest BCUT2D eigenvalue weighted by Crippen LogP contribution is 2.50. The Kier molecular flexibility index (Phi) is 24.9. The smallest absolute Gasteiger partial charge is 0.265 e. The van der Waals surface area contributed by atoms with Gasteiger partial charge in [-0.3, -0.25) is 47.5 Å². The Hall–Kier alpha value is -15.5. The Labute approximate surface area is 832 Å². The van der Waals surface area contributed by atoms with Crippen LogP contribution in [0.15, 0.2) is 147 Å². The highest BCUT2D eigenvalue weighted by Gasteiger charge is 2.46. The monoisotopic (exact) mass is 1990 g/mol. The van der Waals surface area contributed by atoms with Crippen LogP contribution in [0, 0.1) is 0 Å². The zero-order chi connectivity index (χ0) is 103. The maximum absolute atomic E-state index is 14.3. The zero-order valence-electron chi connectivity index (χ0n) is 82.8. The van der Waals surface area contributed by atoms with Crippen molar-refractivity contribution in [2.24, 2.45) is 28.2 Å². The lowest BCUT2D eigenvalue weighted by molar-refractivity contribution is -0.136. The molecule has 16 aromatic rings. The first-order valence-electron chi connectivity index (χ1n) is 48.7. The van der Waals surface area contributed by atoms with Crippen molar-refractivity contribution in [2.45, 2.75) is 180 Å². The van der Waals surface area contributed by atoms with Gasteiger partial charge in [0.15, 0.2) is 0 Å². The fourth-order valence-corrected chi connectivity index (χ4v) is 21.8. The van der Waals surface area contributed by atoms with Gasteiger partial charge in [-0.05, 0) is 102 Å². The molecule has 6 aliphatic heterocycles. The van der Waals surface area contributed by atoms with E-state index < -0.39 is 37.8 Å². The van der Waals surface area contributed by atoms with Crippen LogP contribution in [-0.4, -0.2) is 216 Å². The third kappa shape index (κ3) is 16.8. The van der Waals surface area contributed by atoms with Gasteiger partial charge in [0.05, 0.1) is 153 Å². The Bertz CT molecular complexity index is 7520. The molecule has 0 spiro atoms. The molecule has 8 aliphatic rings. The van der Waals surface area contributed by atoms with Crippen molar-refractivity contribution in [1.29, 1.82) is 0 Å². The number of carbonyl (C=O) groups is 6. The first-order valence-corrected chi connectivity index (χ1v) is 48.7. The number of imidazole rings is 4. The molecule has 24 rings (SSSR count). The van der Waals surface area contributed by atoms with Crippen LogP contribution < -0.4 is 0 Å². The molecule has 12 aromatic heterocycles. The van der Waals surface area contributed by atoms with E-state index >= 15 is 0 Å². The Morgan fingerprint density at radius 2 is 0.527 bits per heavy atom. The molecule has 0 unspecified atom stereocenters. The van der Waals surface area contributed by atoms with Gasteiger partial charge < -0.3 is 47.7 Å². The van der Waals surface area contributed by atoms with E-state index in [-0.39, 0.29) is 104 Å². The summed E-state index contributed by atoms with van der Waals surface area (Å²) in [5, 5.41) is 18.9. The quantitative estimate of drug-likeness (QED) is 0.0811. The van der Waals surface area contributed by atoms with Crippen LogP contribution in [0.25, 0.3) is 134 Å². The van der Waals surface area contributed by atoms with Crippen molar-refractivity contribution >= 4 is 79.1 Å². The van der Waals surface area contributed by atoms with Gasteiger partial charge in [-0.2, -0.15) is 20.4 Å². The van der Waals surface area contributed by atoms with Gasteiger partial charge in [-0.1, -0.05) is 61.4 Å². The Morgan fingerprint density at radius 3 is 0.712 bits per heavy atom. The summed E-state index contributed by atoms with van der Waals surface area (Å²) < 4.78 is 129. The molecular formula is C106H106F8N26O6. The Balaban J connectivity index is 0.000000114. The largest absolute Gasteiger partial charge is 0.341 e. The minimum Gasteiger partial charge on any atom is -0.341 e. The summed E-state index contributed by atoms with van der Waals surface area (Å²) in [6.07, 6.45) is 8.50. The third-order valence-corrected chi connectivity index (χ3v) is 29.9. The van der Waals surface area contributed by atoms with Crippen molar-refractivity contribution in [2.75, 3.05) is 54.4 Å². The fraction of sp³-hybridized carbons (Fsp3) is 0.377. The van der Waals surface area contributed by atoms with Crippen molar-refractivity contribution < 1.29 is 63.9 Å². The van der Waals surface area contributed by atoms with E-state index in [1.807, 2.05) is 97.5 Å². The number of carbonyl (C=O) groups excluding carboxylic acids is 6. The van der Waals surface area contributed by atoms with Gasteiger partial charge in [-0.25, -0.2) is 75.0 Å². The van der Waals surface area contributed by atoms with Gasteiger partial charge in [0, 0.05) is 221 Å². The average Bonchev–Trinajstić information content (AvgIpc) is 1.51. The predicted octanol–water partition coefficient (Wildman–Crippen LogP) is 18.3. The molecule has 40 heteroatoms. The topological polar surface area (TPSA) is 316 Å². The van der Waals surface area contributed by atoms with Crippen LogP contribution in [0.1, 0.15) is 222 Å². The predicted molar refractivity (Wildman–Crippen MR) is 528 cm³/mol. The number of amides is 6. The lowest BCUT2D eigenvalue weighted by atomic mass is 9.84. The zero-order valence-corrected chi connectivity index (χ0v) is 82.8. The first-order chi connectivity index (χ1) is 69.9. The van der Waals surface area contributed by atoms with Crippen LogP contribution in [0.5, 0.6) is 0 Å². The summed E-state index contributed by atoms with van der Waals surface area (Å²) in [6.45, 7) is 14.2. The molecule has 4 atom stereocenters. The van der Waals surface area contributed by atoms with Gasteiger partial charge in [-0.15, -0.1) is 0 Å². The molecule has 0 bridgehead atoms. The maximum Gasteiger partial charge on any atom is 0.265 e. The number of alkyl halides is 8. The molecule has 18 heterocycles. The van der Waals surface area contributed by atoms with E-state index in [9.17, 15) is 63.9 Å². The van der Waals surface area contributed by atoms with Crippen molar-refractivity contribution in [1.82, 2.24) is 127 Å². The van der Waals surface area contributed by atoms with E-state index in [2.05, 4.69) is 49.5 Å². The van der Waals surface area contributed by atoms with Gasteiger partial charge >= 0.3 is 0 Å². The number of aromatic nitrogens is 20. The number of pyridine rings is 4. The highest BCUT2D eigenvalue weighted by molar-refractivity contribution is 6.01. The second-order valence-electron chi connectivity index (χ2n) is 39.5. The number of likely N-dealkylation sites (tertiary alicyclic amines) is 2. The van der Waals surface area contributed by atoms with E-state index in [1.54, 1.807) is 166 Å². The van der Waals surface area contributed by atoms with Crippen LogP contribution in [-0.2, 0) is 83.1 Å². The molecule has 2 aliphatic carbocycles. The second kappa shape index (κ2) is 37.6. The molecular weight excluding hydrogens is 1890 g/mol. The van der Waals surface area contributed by atoms with Crippen molar-refractivity contribution in [3.05, 3.63) is 215 Å². The molecule has 4 aromatic carbocycles. The van der Waals surface area contributed by atoms with E-state index in [0.29, 0.717) is 153 Å². The average molecular weight is 1990 g/mol. The summed E-state index contributed by atoms with van der Waals surface area (Å²) in [7, 11) is 14.0. The summed E-state index contributed by atoms with van der Waals surface area (Å²) >= 11 is 0. The maximum atomic E-state index is 14.3.